The van der Waals surface area contributed by atoms with Gasteiger partial charge in [-0.05, 0) is 11.5 Å². The second kappa shape index (κ2) is 4.56. The smallest absolute Gasteiger partial charge is 0.130 e. The van der Waals surface area contributed by atoms with Gasteiger partial charge >= 0.3 is 0 Å². The first-order valence-corrected chi connectivity index (χ1v) is 4.51. The van der Waals surface area contributed by atoms with Gasteiger partial charge in [-0.2, -0.15) is 0 Å². The molecule has 0 atom stereocenters. The van der Waals surface area contributed by atoms with E-state index < -0.39 is 0 Å². The fourth-order valence-electron chi connectivity index (χ4n) is 0.785. The van der Waals surface area contributed by atoms with Gasteiger partial charge in [0.15, 0.2) is 0 Å². The highest BCUT2D eigenvalue weighted by Gasteiger charge is 1.96. The van der Waals surface area contributed by atoms with Crippen molar-refractivity contribution in [2.75, 3.05) is 0 Å². The molecule has 0 bridgehead atoms. The summed E-state index contributed by atoms with van der Waals surface area (Å²) in [5, 5.41) is 0. The second-order valence-corrected chi connectivity index (χ2v) is 3.37. The van der Waals surface area contributed by atoms with Gasteiger partial charge in [-0.15, -0.1) is 0 Å². The average molecular weight is 189 g/mol. The third-order valence-electron chi connectivity index (χ3n) is 1.92. The Labute approximate surface area is 84.5 Å². The van der Waals surface area contributed by atoms with Gasteiger partial charge in [0.2, 0.25) is 0 Å². The molecular weight excluding hydrogens is 174 g/mol. The van der Waals surface area contributed by atoms with Crippen molar-refractivity contribution in [3.05, 3.63) is 37.5 Å². The standard InChI is InChI=1S/C11H15N3/c1-9(2)10(3)7-13-11(4)14-6-5-12-8-14/h5-9H,3-4H2,1-2H3/b13-7-. The number of hydrogen-bond acceptors (Lipinski definition) is 2. The summed E-state index contributed by atoms with van der Waals surface area (Å²) in [4.78, 5) is 8.10. The quantitative estimate of drug-likeness (QED) is 0.669. The normalized spacial score (nSPS) is 11.1. The summed E-state index contributed by atoms with van der Waals surface area (Å²) < 4.78 is 1.75. The van der Waals surface area contributed by atoms with E-state index >= 15 is 0 Å². The molecule has 0 N–H and O–H groups in total. The largest absolute Gasteiger partial charge is 0.291 e. The molecule has 0 radical (unpaired) electrons. The fraction of sp³-hybridized carbons (Fsp3) is 0.273. The Morgan fingerprint density at radius 2 is 2.21 bits per heavy atom. The van der Waals surface area contributed by atoms with E-state index in [4.69, 9.17) is 0 Å². The van der Waals surface area contributed by atoms with E-state index in [1.807, 2.05) is 0 Å². The summed E-state index contributed by atoms with van der Waals surface area (Å²) in [5.74, 6) is 1.05. The first kappa shape index (κ1) is 10.4. The lowest BCUT2D eigenvalue weighted by Gasteiger charge is -2.03. The zero-order valence-electron chi connectivity index (χ0n) is 8.64. The van der Waals surface area contributed by atoms with Crippen molar-refractivity contribution in [3.63, 3.8) is 0 Å². The van der Waals surface area contributed by atoms with Gasteiger partial charge < -0.3 is 0 Å². The molecule has 0 aliphatic carbocycles. The first-order chi connectivity index (χ1) is 6.61. The van der Waals surface area contributed by atoms with E-state index in [0.717, 1.165) is 5.57 Å². The van der Waals surface area contributed by atoms with Gasteiger partial charge in [0.1, 0.15) is 12.1 Å². The van der Waals surface area contributed by atoms with Crippen LogP contribution in [0.3, 0.4) is 0 Å². The molecule has 0 amide bonds. The Balaban J connectivity index is 2.62. The van der Waals surface area contributed by atoms with E-state index in [-0.39, 0.29) is 0 Å². The zero-order chi connectivity index (χ0) is 10.6. The molecule has 0 spiro atoms. The molecule has 3 heteroatoms. The van der Waals surface area contributed by atoms with E-state index in [9.17, 15) is 0 Å². The van der Waals surface area contributed by atoms with Crippen LogP contribution in [0.4, 0.5) is 0 Å². The number of imidazole rings is 1. The van der Waals surface area contributed by atoms with Crippen molar-refractivity contribution >= 4 is 12.0 Å². The van der Waals surface area contributed by atoms with Crippen molar-refractivity contribution in [1.29, 1.82) is 0 Å². The minimum atomic E-state index is 0.411. The molecule has 14 heavy (non-hydrogen) atoms. The number of allylic oxidation sites excluding steroid dienone is 1. The SMILES string of the molecule is C=C(/C=N\C(=C)n1ccnc1)C(C)C. The zero-order valence-corrected chi connectivity index (χ0v) is 8.64. The molecule has 1 heterocycles. The molecule has 3 nitrogen and oxygen atoms in total. The number of aliphatic imine (C=N–C) groups is 1. The maximum atomic E-state index is 4.19. The molecule has 0 aliphatic heterocycles. The Hall–Kier alpha value is -1.64. The van der Waals surface area contributed by atoms with Crippen LogP contribution in [0.25, 0.3) is 5.82 Å². The fourth-order valence-corrected chi connectivity index (χ4v) is 0.785. The molecule has 0 saturated heterocycles. The molecule has 0 aromatic carbocycles. The van der Waals surface area contributed by atoms with Crippen LogP contribution in [-0.2, 0) is 0 Å². The summed E-state index contributed by atoms with van der Waals surface area (Å²) in [6, 6.07) is 0. The van der Waals surface area contributed by atoms with Crippen molar-refractivity contribution < 1.29 is 0 Å². The lowest BCUT2D eigenvalue weighted by molar-refractivity contribution is 0.810. The number of hydrogen-bond donors (Lipinski definition) is 0. The van der Waals surface area contributed by atoms with Gasteiger partial charge in [-0.3, -0.25) is 4.57 Å². The Morgan fingerprint density at radius 3 is 2.71 bits per heavy atom. The Kier molecular flexibility index (Phi) is 3.40. The predicted molar refractivity (Wildman–Crippen MR) is 60.0 cm³/mol. The van der Waals surface area contributed by atoms with Crippen LogP contribution in [0, 0.1) is 5.92 Å². The minimum Gasteiger partial charge on any atom is -0.291 e. The molecule has 0 aliphatic rings. The molecular formula is C11H15N3. The van der Waals surface area contributed by atoms with Gasteiger partial charge in [0.05, 0.1) is 0 Å². The van der Waals surface area contributed by atoms with Gasteiger partial charge in [0, 0.05) is 18.6 Å². The molecule has 74 valence electrons. The van der Waals surface area contributed by atoms with Crippen LogP contribution in [0.15, 0.2) is 42.4 Å². The predicted octanol–water partition coefficient (Wildman–Crippen LogP) is 2.59. The van der Waals surface area contributed by atoms with Crippen molar-refractivity contribution in [2.45, 2.75) is 13.8 Å². The summed E-state index contributed by atoms with van der Waals surface area (Å²) in [5.41, 5.74) is 0.992. The van der Waals surface area contributed by atoms with Crippen molar-refractivity contribution in [1.82, 2.24) is 9.55 Å². The Morgan fingerprint density at radius 1 is 1.50 bits per heavy atom. The third-order valence-corrected chi connectivity index (χ3v) is 1.92. The first-order valence-electron chi connectivity index (χ1n) is 4.51. The highest BCUT2D eigenvalue weighted by atomic mass is 15.1. The van der Waals surface area contributed by atoms with E-state index in [0.29, 0.717) is 11.7 Å². The third kappa shape index (κ3) is 2.69. The van der Waals surface area contributed by atoms with Crippen LogP contribution in [0.2, 0.25) is 0 Å². The second-order valence-electron chi connectivity index (χ2n) is 3.37. The summed E-state index contributed by atoms with van der Waals surface area (Å²) in [6.07, 6.45) is 6.90. The number of nitrogens with zero attached hydrogens (tertiary/aromatic N) is 3. The molecule has 1 aromatic rings. The molecule has 1 rings (SSSR count). The topological polar surface area (TPSA) is 30.2 Å². The summed E-state index contributed by atoms with van der Waals surface area (Å²) in [7, 11) is 0. The summed E-state index contributed by atoms with van der Waals surface area (Å²) in [6.45, 7) is 11.9. The van der Waals surface area contributed by atoms with Crippen LogP contribution in [0.5, 0.6) is 0 Å². The highest BCUT2D eigenvalue weighted by molar-refractivity contribution is 5.81. The highest BCUT2D eigenvalue weighted by Crippen LogP contribution is 2.06. The Bertz CT molecular complexity index is 345. The van der Waals surface area contributed by atoms with Gasteiger partial charge in [0.25, 0.3) is 0 Å². The molecule has 1 aromatic heterocycles. The van der Waals surface area contributed by atoms with Crippen molar-refractivity contribution in [3.8, 4) is 0 Å². The van der Waals surface area contributed by atoms with Gasteiger partial charge in [-0.1, -0.05) is 27.0 Å². The molecule has 0 fully saturated rings. The van der Waals surface area contributed by atoms with Crippen LogP contribution in [0.1, 0.15) is 13.8 Å². The minimum absolute atomic E-state index is 0.411. The summed E-state index contributed by atoms with van der Waals surface area (Å²) >= 11 is 0. The van der Waals surface area contributed by atoms with E-state index in [1.54, 1.807) is 29.5 Å². The lowest BCUT2D eigenvalue weighted by atomic mass is 10.1. The number of rotatable bonds is 4. The number of aromatic nitrogens is 2. The van der Waals surface area contributed by atoms with Crippen LogP contribution >= 0.6 is 0 Å². The average Bonchev–Trinajstić information content (AvgIpc) is 2.66. The van der Waals surface area contributed by atoms with Gasteiger partial charge in [-0.25, -0.2) is 9.98 Å². The molecule has 0 saturated carbocycles. The van der Waals surface area contributed by atoms with Crippen molar-refractivity contribution in [2.24, 2.45) is 10.9 Å². The maximum absolute atomic E-state index is 4.19. The monoisotopic (exact) mass is 189 g/mol. The van der Waals surface area contributed by atoms with E-state index in [2.05, 4.69) is 37.0 Å². The maximum Gasteiger partial charge on any atom is 0.130 e. The van der Waals surface area contributed by atoms with Crippen LogP contribution in [-0.4, -0.2) is 15.8 Å². The van der Waals surface area contributed by atoms with E-state index in [1.165, 1.54) is 0 Å². The lowest BCUT2D eigenvalue weighted by Crippen LogP contribution is -1.95. The molecule has 0 unspecified atom stereocenters. The van der Waals surface area contributed by atoms with Crippen LogP contribution < -0.4 is 0 Å².